The molecule has 2 fully saturated rings. The van der Waals surface area contributed by atoms with Crippen molar-refractivity contribution in [2.45, 2.75) is 18.4 Å². The zero-order valence-corrected chi connectivity index (χ0v) is 18.3. The van der Waals surface area contributed by atoms with Crippen LogP contribution in [0.1, 0.15) is 33.7 Å². The van der Waals surface area contributed by atoms with E-state index in [1.165, 1.54) is 0 Å². The van der Waals surface area contributed by atoms with E-state index >= 15 is 0 Å². The number of piperidine rings is 1. The summed E-state index contributed by atoms with van der Waals surface area (Å²) in [5.74, 6) is -0.529. The van der Waals surface area contributed by atoms with Crippen LogP contribution >= 0.6 is 11.6 Å². The highest BCUT2D eigenvalue weighted by molar-refractivity contribution is 6.31. The molecule has 0 radical (unpaired) electrons. The molecule has 33 heavy (non-hydrogen) atoms. The number of nitrogens with two attached hydrogens (primary N) is 2. The van der Waals surface area contributed by atoms with E-state index in [4.69, 9.17) is 23.1 Å². The van der Waals surface area contributed by atoms with Gasteiger partial charge in [-0.15, -0.1) is 0 Å². The molecule has 0 aliphatic carbocycles. The largest absolute Gasteiger partial charge is 0.382 e. The van der Waals surface area contributed by atoms with E-state index in [1.54, 1.807) is 0 Å². The topological polar surface area (TPSA) is 167 Å². The summed E-state index contributed by atoms with van der Waals surface area (Å²) in [5, 5.41) is 7.32. The van der Waals surface area contributed by atoms with Gasteiger partial charge in [-0.1, -0.05) is 11.6 Å². The van der Waals surface area contributed by atoms with Gasteiger partial charge < -0.3 is 32.0 Å². The van der Waals surface area contributed by atoms with Crippen LogP contribution in [0.5, 0.6) is 0 Å². The van der Waals surface area contributed by atoms with Gasteiger partial charge in [-0.05, 0) is 37.1 Å². The Kier molecular flexibility index (Phi) is 5.05. The van der Waals surface area contributed by atoms with Crippen LogP contribution in [0.2, 0.25) is 5.15 Å². The summed E-state index contributed by atoms with van der Waals surface area (Å²) in [7, 11) is 0. The number of guanidine groups is 1. The number of rotatable bonds is 2. The van der Waals surface area contributed by atoms with E-state index in [0.717, 1.165) is 10.9 Å². The van der Waals surface area contributed by atoms with Crippen molar-refractivity contribution in [1.29, 1.82) is 0 Å². The van der Waals surface area contributed by atoms with E-state index in [9.17, 15) is 9.59 Å². The van der Waals surface area contributed by atoms with Gasteiger partial charge in [-0.3, -0.25) is 9.59 Å². The fraction of sp³-hybridized carbons (Fsp3) is 0.286. The van der Waals surface area contributed by atoms with Crippen LogP contribution in [0.15, 0.2) is 35.5 Å². The molecular weight excluding hydrogens is 446 g/mol. The molecule has 1 aromatic carbocycles. The summed E-state index contributed by atoms with van der Waals surface area (Å²) in [4.78, 5) is 42.2. The van der Waals surface area contributed by atoms with Gasteiger partial charge in [-0.2, -0.15) is 4.99 Å². The minimum atomic E-state index is -0.679. The first kappa shape index (κ1) is 21.0. The molecule has 12 heteroatoms. The second-order valence-electron chi connectivity index (χ2n) is 8.23. The van der Waals surface area contributed by atoms with Crippen LogP contribution < -0.4 is 22.1 Å². The molecule has 0 atom stereocenters. The fourth-order valence-electron chi connectivity index (χ4n) is 4.22. The van der Waals surface area contributed by atoms with Crippen LogP contribution in [0.3, 0.4) is 0 Å². The maximum absolute atomic E-state index is 13.0. The number of halogens is 1. The Balaban J connectivity index is 1.24. The smallest absolute Gasteiger partial charge is 0.302 e. The molecule has 2 aliphatic heterocycles. The number of nitrogens with zero attached hydrogens (tertiary/aromatic N) is 4. The average Bonchev–Trinajstić information content (AvgIpc) is 3.43. The highest BCUT2D eigenvalue weighted by Crippen LogP contribution is 2.26. The van der Waals surface area contributed by atoms with Crippen LogP contribution in [0, 0.1) is 0 Å². The molecule has 1 spiro atoms. The number of nitrogen functional groups attached to an aromatic ring is 2. The van der Waals surface area contributed by atoms with Gasteiger partial charge in [-0.25, -0.2) is 9.97 Å². The summed E-state index contributed by atoms with van der Waals surface area (Å²) in [6.07, 6.45) is 3.27. The van der Waals surface area contributed by atoms with Crippen molar-refractivity contribution in [1.82, 2.24) is 30.5 Å². The predicted molar refractivity (Wildman–Crippen MR) is 125 cm³/mol. The summed E-state index contributed by atoms with van der Waals surface area (Å²) < 4.78 is 0. The lowest BCUT2D eigenvalue weighted by Gasteiger charge is -2.38. The van der Waals surface area contributed by atoms with Crippen molar-refractivity contribution < 1.29 is 9.59 Å². The van der Waals surface area contributed by atoms with Crippen LogP contribution in [-0.2, 0) is 0 Å². The molecule has 5 rings (SSSR count). The number of fused-ring (bicyclic) bond motifs is 1. The molecule has 0 saturated carbocycles. The summed E-state index contributed by atoms with van der Waals surface area (Å²) in [5.41, 5.74) is 12.5. The quantitative estimate of drug-likeness (QED) is 0.374. The standard InChI is InChI=1S/C21H22ClN9O2/c22-15-17(24)28-16(23)14(27-15)18(32)29-20-26-10-21(30-20)4-7-31(8-5-21)19(33)12-1-2-13-11(9-12)3-6-25-13/h1-3,6,9,25H,4-5,7-8,10H2,(H4,23,24,28)(H2,26,29,30,32). The van der Waals surface area contributed by atoms with E-state index in [0.29, 0.717) is 44.0 Å². The van der Waals surface area contributed by atoms with Gasteiger partial charge in [0.05, 0.1) is 5.54 Å². The number of aromatic amines is 1. The molecule has 3 aromatic rings. The maximum atomic E-state index is 13.0. The molecule has 0 bridgehead atoms. The Morgan fingerprint density at radius 3 is 2.70 bits per heavy atom. The Morgan fingerprint density at radius 2 is 1.91 bits per heavy atom. The molecule has 4 heterocycles. The van der Waals surface area contributed by atoms with E-state index in [2.05, 4.69) is 30.6 Å². The number of aliphatic imine (C=N–C) groups is 1. The number of H-pyrrole nitrogens is 1. The molecule has 2 aromatic heterocycles. The normalized spacial score (nSPS) is 18.5. The number of amides is 2. The molecule has 2 aliphatic rings. The van der Waals surface area contributed by atoms with Gasteiger partial charge in [0.25, 0.3) is 5.91 Å². The fourth-order valence-corrected chi connectivity index (χ4v) is 4.35. The minimum absolute atomic E-state index is 0.0113. The van der Waals surface area contributed by atoms with Gasteiger partial charge in [0, 0.05) is 42.3 Å². The monoisotopic (exact) mass is 467 g/mol. The summed E-state index contributed by atoms with van der Waals surface area (Å²) in [6.45, 7) is 1.76. The molecular formula is C21H22ClN9O2. The van der Waals surface area contributed by atoms with Crippen molar-refractivity contribution in [2.75, 3.05) is 31.1 Å². The second kappa shape index (κ2) is 7.93. The van der Waals surface area contributed by atoms with Crippen LogP contribution in [0.25, 0.3) is 10.9 Å². The molecule has 170 valence electrons. The first-order valence-electron chi connectivity index (χ1n) is 10.4. The Bertz CT molecular complexity index is 1290. The Hall–Kier alpha value is -3.86. The number of nitrogens with one attached hydrogen (secondary N) is 3. The maximum Gasteiger partial charge on any atom is 0.302 e. The number of hydrogen-bond acceptors (Lipinski definition) is 6. The third-order valence-corrected chi connectivity index (χ3v) is 6.38. The first-order valence-corrected chi connectivity index (χ1v) is 10.8. The van der Waals surface area contributed by atoms with E-state index in [-0.39, 0.29) is 33.9 Å². The van der Waals surface area contributed by atoms with Gasteiger partial charge in [0.1, 0.15) is 0 Å². The first-order chi connectivity index (χ1) is 15.8. The number of likely N-dealkylation sites (tertiary alicyclic amines) is 1. The Morgan fingerprint density at radius 1 is 1.12 bits per heavy atom. The molecule has 7 N–H and O–H groups in total. The lowest BCUT2D eigenvalue weighted by molar-refractivity contribution is 0.0669. The minimum Gasteiger partial charge on any atom is -0.382 e. The van der Waals surface area contributed by atoms with Crippen LogP contribution in [0.4, 0.5) is 11.6 Å². The number of hydrogen-bond donors (Lipinski definition) is 5. The number of carbonyl (C=O) groups excluding carboxylic acids is 2. The van der Waals surface area contributed by atoms with Gasteiger partial charge >= 0.3 is 5.91 Å². The van der Waals surface area contributed by atoms with E-state index < -0.39 is 5.91 Å². The number of carbonyl (C=O) groups is 2. The molecule has 2 saturated heterocycles. The number of anilines is 2. The molecule has 11 nitrogen and oxygen atoms in total. The Labute approximate surface area is 193 Å². The highest BCUT2D eigenvalue weighted by Gasteiger charge is 2.41. The lowest BCUT2D eigenvalue weighted by atomic mass is 9.88. The molecule has 0 unspecified atom stereocenters. The highest BCUT2D eigenvalue weighted by atomic mass is 35.5. The van der Waals surface area contributed by atoms with Crippen molar-refractivity contribution in [2.24, 2.45) is 4.99 Å². The zero-order valence-electron chi connectivity index (χ0n) is 17.6. The van der Waals surface area contributed by atoms with Crippen LogP contribution in [-0.4, -0.2) is 62.8 Å². The van der Waals surface area contributed by atoms with Crippen molar-refractivity contribution in [3.63, 3.8) is 0 Å². The number of aromatic nitrogens is 3. The lowest BCUT2D eigenvalue weighted by Crippen LogP contribution is -2.53. The van der Waals surface area contributed by atoms with Gasteiger partial charge in [0.15, 0.2) is 28.4 Å². The summed E-state index contributed by atoms with van der Waals surface area (Å²) >= 11 is 5.85. The predicted octanol–water partition coefficient (Wildman–Crippen LogP) is 1.14. The summed E-state index contributed by atoms with van der Waals surface area (Å²) in [6, 6.07) is 7.62. The van der Waals surface area contributed by atoms with Gasteiger partial charge in [0.2, 0.25) is 0 Å². The average molecular weight is 468 g/mol. The van der Waals surface area contributed by atoms with Crippen molar-refractivity contribution in [3.8, 4) is 0 Å². The number of benzene rings is 1. The van der Waals surface area contributed by atoms with Crippen molar-refractivity contribution >= 4 is 51.9 Å². The second-order valence-corrected chi connectivity index (χ2v) is 8.59. The third kappa shape index (κ3) is 3.91. The van der Waals surface area contributed by atoms with E-state index in [1.807, 2.05) is 35.4 Å². The SMILES string of the molecule is Nc1nc(N)c(C(=O)/N=C2\NCC3(CCN(C(=O)c4ccc5[nH]ccc5c4)CC3)N2)nc1Cl. The van der Waals surface area contributed by atoms with Crippen molar-refractivity contribution in [3.05, 3.63) is 46.9 Å². The third-order valence-electron chi connectivity index (χ3n) is 6.11. The molecule has 2 amide bonds. The zero-order chi connectivity index (χ0) is 23.2.